The van der Waals surface area contributed by atoms with Crippen LogP contribution in [-0.4, -0.2) is 17.9 Å². The molecule has 114 valence electrons. The fourth-order valence-electron chi connectivity index (χ4n) is 1.88. The molecule has 0 radical (unpaired) electrons. The van der Waals surface area contributed by atoms with Crippen LogP contribution in [-0.2, 0) is 11.3 Å². The van der Waals surface area contributed by atoms with Crippen molar-refractivity contribution in [1.29, 1.82) is 0 Å². The van der Waals surface area contributed by atoms with Crippen LogP contribution in [0.25, 0.3) is 0 Å². The Balaban J connectivity index is 1.85. The third-order valence-electron chi connectivity index (χ3n) is 3.16. The summed E-state index contributed by atoms with van der Waals surface area (Å²) in [5, 5.41) is 5.49. The normalized spacial score (nSPS) is 11.5. The Kier molecular flexibility index (Phi) is 5.72. The second kappa shape index (κ2) is 7.75. The first-order chi connectivity index (χ1) is 10.6. The minimum absolute atomic E-state index is 0.214. The number of carbonyl (C=O) groups excluding carboxylic acids is 2. The first-order valence-electron chi connectivity index (χ1n) is 6.94. The standard InChI is InChI=1S/C17H17BrN2O2/c1-12(16(21)19-11-13-5-3-2-4-6-13)20-17(22)14-7-9-15(18)10-8-14/h2-10,12H,11H2,1H3,(H,19,21)(H,20,22). The lowest BCUT2D eigenvalue weighted by atomic mass is 10.2. The third kappa shape index (κ3) is 4.70. The number of hydrogen-bond donors (Lipinski definition) is 2. The number of carbonyl (C=O) groups is 2. The molecule has 0 spiro atoms. The first kappa shape index (κ1) is 16.2. The number of halogens is 1. The lowest BCUT2D eigenvalue weighted by Gasteiger charge is -2.14. The fraction of sp³-hybridized carbons (Fsp3) is 0.176. The summed E-state index contributed by atoms with van der Waals surface area (Å²) in [7, 11) is 0. The van der Waals surface area contributed by atoms with Crippen LogP contribution in [0.15, 0.2) is 59.1 Å². The average molecular weight is 361 g/mol. The molecule has 2 rings (SSSR count). The molecular weight excluding hydrogens is 344 g/mol. The summed E-state index contributed by atoms with van der Waals surface area (Å²) in [6.45, 7) is 2.11. The molecule has 5 heteroatoms. The molecule has 0 fully saturated rings. The second-order valence-corrected chi connectivity index (χ2v) is 5.82. The minimum Gasteiger partial charge on any atom is -0.350 e. The van der Waals surface area contributed by atoms with E-state index < -0.39 is 6.04 Å². The largest absolute Gasteiger partial charge is 0.350 e. The van der Waals surface area contributed by atoms with Crippen molar-refractivity contribution in [1.82, 2.24) is 10.6 Å². The zero-order valence-corrected chi connectivity index (χ0v) is 13.8. The summed E-state index contributed by atoms with van der Waals surface area (Å²) >= 11 is 3.32. The zero-order valence-electron chi connectivity index (χ0n) is 12.2. The second-order valence-electron chi connectivity index (χ2n) is 4.91. The maximum Gasteiger partial charge on any atom is 0.251 e. The summed E-state index contributed by atoms with van der Waals surface area (Å²) in [5.74, 6) is -0.482. The van der Waals surface area contributed by atoms with Gasteiger partial charge in [-0.1, -0.05) is 46.3 Å². The van der Waals surface area contributed by atoms with Gasteiger partial charge in [-0.25, -0.2) is 0 Å². The molecule has 0 aliphatic heterocycles. The van der Waals surface area contributed by atoms with Crippen LogP contribution in [0.2, 0.25) is 0 Å². The van der Waals surface area contributed by atoms with Gasteiger partial charge in [-0.3, -0.25) is 9.59 Å². The maximum absolute atomic E-state index is 12.0. The van der Waals surface area contributed by atoms with E-state index in [0.717, 1.165) is 10.0 Å². The van der Waals surface area contributed by atoms with Crippen molar-refractivity contribution < 1.29 is 9.59 Å². The molecule has 2 amide bonds. The SMILES string of the molecule is CC(NC(=O)c1ccc(Br)cc1)C(=O)NCc1ccccc1. The van der Waals surface area contributed by atoms with Gasteiger partial charge in [0.1, 0.15) is 6.04 Å². The molecule has 4 nitrogen and oxygen atoms in total. The summed E-state index contributed by atoms with van der Waals surface area (Å²) in [6.07, 6.45) is 0. The highest BCUT2D eigenvalue weighted by Crippen LogP contribution is 2.10. The van der Waals surface area contributed by atoms with Gasteiger partial charge in [0.25, 0.3) is 5.91 Å². The third-order valence-corrected chi connectivity index (χ3v) is 3.69. The smallest absolute Gasteiger partial charge is 0.251 e. The summed E-state index contributed by atoms with van der Waals surface area (Å²) < 4.78 is 0.901. The van der Waals surface area contributed by atoms with Gasteiger partial charge in [0.15, 0.2) is 0 Å². The van der Waals surface area contributed by atoms with E-state index in [1.54, 1.807) is 31.2 Å². The Morgan fingerprint density at radius 2 is 1.68 bits per heavy atom. The Bertz CT molecular complexity index is 641. The summed E-state index contributed by atoms with van der Waals surface area (Å²) in [5.41, 5.74) is 1.54. The highest BCUT2D eigenvalue weighted by atomic mass is 79.9. The lowest BCUT2D eigenvalue weighted by molar-refractivity contribution is -0.122. The van der Waals surface area contributed by atoms with E-state index >= 15 is 0 Å². The van der Waals surface area contributed by atoms with E-state index in [-0.39, 0.29) is 11.8 Å². The van der Waals surface area contributed by atoms with Crippen LogP contribution in [0, 0.1) is 0 Å². The molecular formula is C17H17BrN2O2. The van der Waals surface area contributed by atoms with Crippen molar-refractivity contribution in [2.75, 3.05) is 0 Å². The number of amides is 2. The van der Waals surface area contributed by atoms with E-state index in [2.05, 4.69) is 26.6 Å². The van der Waals surface area contributed by atoms with E-state index in [0.29, 0.717) is 12.1 Å². The maximum atomic E-state index is 12.0. The van der Waals surface area contributed by atoms with E-state index in [1.807, 2.05) is 30.3 Å². The summed E-state index contributed by atoms with van der Waals surface area (Å²) in [6, 6.07) is 16.0. The van der Waals surface area contributed by atoms with Gasteiger partial charge in [0, 0.05) is 16.6 Å². The predicted molar refractivity (Wildman–Crippen MR) is 89.4 cm³/mol. The molecule has 0 aliphatic carbocycles. The Hall–Kier alpha value is -2.14. The van der Waals surface area contributed by atoms with Crippen LogP contribution in [0.5, 0.6) is 0 Å². The molecule has 0 saturated carbocycles. The molecule has 1 atom stereocenters. The fourth-order valence-corrected chi connectivity index (χ4v) is 2.15. The van der Waals surface area contributed by atoms with Crippen molar-refractivity contribution in [3.8, 4) is 0 Å². The molecule has 1 unspecified atom stereocenters. The van der Waals surface area contributed by atoms with E-state index in [1.165, 1.54) is 0 Å². The highest BCUT2D eigenvalue weighted by Gasteiger charge is 2.16. The van der Waals surface area contributed by atoms with Gasteiger partial charge in [0.05, 0.1) is 0 Å². The van der Waals surface area contributed by atoms with Crippen molar-refractivity contribution in [2.24, 2.45) is 0 Å². The quantitative estimate of drug-likeness (QED) is 0.861. The van der Waals surface area contributed by atoms with Crippen LogP contribution >= 0.6 is 15.9 Å². The molecule has 2 aromatic rings. The number of hydrogen-bond acceptors (Lipinski definition) is 2. The van der Waals surface area contributed by atoms with Gasteiger partial charge in [-0.05, 0) is 36.8 Å². The van der Waals surface area contributed by atoms with Crippen LogP contribution in [0.3, 0.4) is 0 Å². The zero-order chi connectivity index (χ0) is 15.9. The topological polar surface area (TPSA) is 58.2 Å². The van der Waals surface area contributed by atoms with Crippen molar-refractivity contribution in [2.45, 2.75) is 19.5 Å². The molecule has 0 bridgehead atoms. The van der Waals surface area contributed by atoms with Crippen LogP contribution in [0.1, 0.15) is 22.8 Å². The van der Waals surface area contributed by atoms with E-state index in [4.69, 9.17) is 0 Å². The molecule has 2 aromatic carbocycles. The molecule has 0 aromatic heterocycles. The Morgan fingerprint density at radius 3 is 2.32 bits per heavy atom. The minimum atomic E-state index is -0.597. The van der Waals surface area contributed by atoms with Crippen LogP contribution in [0.4, 0.5) is 0 Å². The van der Waals surface area contributed by atoms with Gasteiger partial charge < -0.3 is 10.6 Å². The molecule has 0 heterocycles. The average Bonchev–Trinajstić information content (AvgIpc) is 2.54. The Labute approximate surface area is 138 Å². The van der Waals surface area contributed by atoms with E-state index in [9.17, 15) is 9.59 Å². The molecule has 0 saturated heterocycles. The lowest BCUT2D eigenvalue weighted by Crippen LogP contribution is -2.44. The monoisotopic (exact) mass is 360 g/mol. The van der Waals surface area contributed by atoms with Gasteiger partial charge >= 0.3 is 0 Å². The highest BCUT2D eigenvalue weighted by molar-refractivity contribution is 9.10. The number of benzene rings is 2. The Morgan fingerprint density at radius 1 is 1.05 bits per heavy atom. The van der Waals surface area contributed by atoms with Crippen LogP contribution < -0.4 is 10.6 Å². The summed E-state index contributed by atoms with van der Waals surface area (Å²) in [4.78, 5) is 24.0. The van der Waals surface area contributed by atoms with Gasteiger partial charge in [-0.15, -0.1) is 0 Å². The van der Waals surface area contributed by atoms with Crippen molar-refractivity contribution in [3.63, 3.8) is 0 Å². The van der Waals surface area contributed by atoms with Crippen molar-refractivity contribution in [3.05, 3.63) is 70.2 Å². The van der Waals surface area contributed by atoms with Crippen molar-refractivity contribution >= 4 is 27.7 Å². The molecule has 2 N–H and O–H groups in total. The van der Waals surface area contributed by atoms with Gasteiger partial charge in [-0.2, -0.15) is 0 Å². The molecule has 0 aliphatic rings. The number of nitrogens with one attached hydrogen (secondary N) is 2. The first-order valence-corrected chi connectivity index (χ1v) is 7.73. The molecule has 22 heavy (non-hydrogen) atoms. The predicted octanol–water partition coefficient (Wildman–Crippen LogP) is 2.88. The van der Waals surface area contributed by atoms with Gasteiger partial charge in [0.2, 0.25) is 5.91 Å². The number of rotatable bonds is 5.